The summed E-state index contributed by atoms with van der Waals surface area (Å²) >= 11 is 0. The first-order valence-corrected chi connectivity index (χ1v) is 23.0. The third kappa shape index (κ3) is 43.2. The summed E-state index contributed by atoms with van der Waals surface area (Å²) in [6.45, 7) is 6.26. The zero-order valence-corrected chi connectivity index (χ0v) is 37.0. The van der Waals surface area contributed by atoms with Gasteiger partial charge in [0.15, 0.2) is 6.10 Å². The van der Waals surface area contributed by atoms with Gasteiger partial charge in [-0.3, -0.25) is 14.4 Å². The van der Waals surface area contributed by atoms with Crippen LogP contribution < -0.4 is 0 Å². The van der Waals surface area contributed by atoms with E-state index in [1.807, 2.05) is 66.8 Å². The topological polar surface area (TPSA) is 78.9 Å². The van der Waals surface area contributed by atoms with Gasteiger partial charge in [0.1, 0.15) is 13.2 Å². The van der Waals surface area contributed by atoms with Crippen LogP contribution in [0.1, 0.15) is 181 Å². The zero-order chi connectivity index (χ0) is 42.3. The molecule has 58 heavy (non-hydrogen) atoms. The van der Waals surface area contributed by atoms with Crippen molar-refractivity contribution in [3.8, 4) is 0 Å². The van der Waals surface area contributed by atoms with Gasteiger partial charge in [-0.15, -0.1) is 0 Å². The molecule has 6 nitrogen and oxygen atoms in total. The van der Waals surface area contributed by atoms with Crippen LogP contribution in [0, 0.1) is 0 Å². The molecule has 0 saturated heterocycles. The van der Waals surface area contributed by atoms with Gasteiger partial charge in [-0.2, -0.15) is 0 Å². The fourth-order valence-electron chi connectivity index (χ4n) is 5.82. The average Bonchev–Trinajstić information content (AvgIpc) is 3.22. The molecular formula is C52H82O6. The molecule has 0 N–H and O–H groups in total. The molecule has 6 heteroatoms. The molecule has 0 fully saturated rings. The highest BCUT2D eigenvalue weighted by molar-refractivity contribution is 5.71. The van der Waals surface area contributed by atoms with Crippen LogP contribution in [-0.2, 0) is 28.6 Å². The molecule has 1 atom stereocenters. The van der Waals surface area contributed by atoms with Crippen molar-refractivity contribution in [2.24, 2.45) is 0 Å². The maximum Gasteiger partial charge on any atom is 0.306 e. The van der Waals surface area contributed by atoms with Crippen LogP contribution in [0.3, 0.4) is 0 Å². The van der Waals surface area contributed by atoms with E-state index < -0.39 is 6.10 Å². The third-order valence-corrected chi connectivity index (χ3v) is 9.25. The predicted octanol–water partition coefficient (Wildman–Crippen LogP) is 14.8. The summed E-state index contributed by atoms with van der Waals surface area (Å²) in [5, 5.41) is 0. The summed E-state index contributed by atoms with van der Waals surface area (Å²) in [7, 11) is 0. The van der Waals surface area contributed by atoms with Crippen LogP contribution in [0.15, 0.2) is 109 Å². The second-order valence-electron chi connectivity index (χ2n) is 14.8. The van der Waals surface area contributed by atoms with Gasteiger partial charge >= 0.3 is 17.9 Å². The number of carbonyl (C=O) groups excluding carboxylic acids is 3. The Morgan fingerprint density at radius 1 is 0.362 bits per heavy atom. The third-order valence-electron chi connectivity index (χ3n) is 9.25. The fraction of sp³-hybridized carbons (Fsp3) is 0.596. The van der Waals surface area contributed by atoms with E-state index in [0.29, 0.717) is 19.3 Å². The molecule has 0 aromatic rings. The van der Waals surface area contributed by atoms with E-state index in [2.05, 4.69) is 63.3 Å². The Morgan fingerprint density at radius 3 is 1.07 bits per heavy atom. The molecule has 0 aliphatic carbocycles. The van der Waals surface area contributed by atoms with E-state index in [1.54, 1.807) is 0 Å². The van der Waals surface area contributed by atoms with Gasteiger partial charge in [-0.25, -0.2) is 0 Å². The quantitative estimate of drug-likeness (QED) is 0.0267. The molecule has 0 saturated carbocycles. The second kappa shape index (κ2) is 45.8. The zero-order valence-electron chi connectivity index (χ0n) is 37.0. The van der Waals surface area contributed by atoms with Crippen molar-refractivity contribution in [2.45, 2.75) is 187 Å². The van der Waals surface area contributed by atoms with Crippen LogP contribution in [-0.4, -0.2) is 37.2 Å². The summed E-state index contributed by atoms with van der Waals surface area (Å²) < 4.78 is 16.7. The summed E-state index contributed by atoms with van der Waals surface area (Å²) in [6, 6.07) is 0. The first-order valence-electron chi connectivity index (χ1n) is 23.0. The summed E-state index contributed by atoms with van der Waals surface area (Å²) in [4.78, 5) is 37.8. The Hall–Kier alpha value is -3.93. The van der Waals surface area contributed by atoms with Crippen LogP contribution >= 0.6 is 0 Å². The lowest BCUT2D eigenvalue weighted by Crippen LogP contribution is -2.30. The molecule has 0 aromatic carbocycles. The Kier molecular flexibility index (Phi) is 42.7. The Labute approximate surface area is 355 Å². The minimum atomic E-state index is -0.805. The number of hydrogen-bond donors (Lipinski definition) is 0. The fourth-order valence-corrected chi connectivity index (χ4v) is 5.82. The van der Waals surface area contributed by atoms with E-state index in [4.69, 9.17) is 14.2 Å². The van der Waals surface area contributed by atoms with Gasteiger partial charge in [0.05, 0.1) is 0 Å². The highest BCUT2D eigenvalue weighted by Crippen LogP contribution is 2.13. The molecule has 0 aliphatic rings. The van der Waals surface area contributed by atoms with E-state index in [1.165, 1.54) is 44.9 Å². The van der Waals surface area contributed by atoms with Crippen LogP contribution in [0.2, 0.25) is 0 Å². The number of carbonyl (C=O) groups is 3. The van der Waals surface area contributed by atoms with E-state index in [0.717, 1.165) is 96.3 Å². The Morgan fingerprint density at radius 2 is 0.672 bits per heavy atom. The molecule has 326 valence electrons. The van der Waals surface area contributed by atoms with Crippen LogP contribution in [0.25, 0.3) is 0 Å². The number of ether oxygens (including phenoxy) is 3. The van der Waals surface area contributed by atoms with E-state index >= 15 is 0 Å². The molecule has 0 spiro atoms. The lowest BCUT2D eigenvalue weighted by molar-refractivity contribution is -0.167. The molecule has 0 amide bonds. The maximum atomic E-state index is 12.7. The Bertz CT molecular complexity index is 1240. The van der Waals surface area contributed by atoms with Crippen LogP contribution in [0.4, 0.5) is 0 Å². The van der Waals surface area contributed by atoms with Gasteiger partial charge in [0, 0.05) is 19.3 Å². The standard InChI is InChI=1S/C52H82O6/c1-4-7-10-13-16-19-22-24-25-26-27-29-30-33-36-39-42-45-51(54)57-48-49(47-56-50(53)44-41-38-35-32-21-18-15-12-9-6-3)58-52(55)46-43-40-37-34-31-28-23-20-17-14-11-8-5-2/h7-8,10-11,13-14,16-17,19-20,22-27,29-30,49H,4-6,9,12,15,18,21,28,31-48H2,1-3H3/b10-7-,11-8-,16-13-,17-14-,22-19-,23-20-,25-24-,27-26+,30-29-. The minimum Gasteiger partial charge on any atom is -0.462 e. The molecule has 1 unspecified atom stereocenters. The maximum absolute atomic E-state index is 12.7. The molecule has 0 radical (unpaired) electrons. The first kappa shape index (κ1) is 54.1. The van der Waals surface area contributed by atoms with Gasteiger partial charge in [-0.1, -0.05) is 214 Å². The predicted molar refractivity (Wildman–Crippen MR) is 247 cm³/mol. The molecule has 0 heterocycles. The van der Waals surface area contributed by atoms with Gasteiger partial charge in [0.25, 0.3) is 0 Å². The minimum absolute atomic E-state index is 0.102. The lowest BCUT2D eigenvalue weighted by Gasteiger charge is -2.18. The Balaban J connectivity index is 4.52. The first-order chi connectivity index (χ1) is 28.5. The van der Waals surface area contributed by atoms with Crippen molar-refractivity contribution in [1.29, 1.82) is 0 Å². The second-order valence-corrected chi connectivity index (χ2v) is 14.8. The smallest absolute Gasteiger partial charge is 0.306 e. The van der Waals surface area contributed by atoms with Gasteiger partial charge in [0.2, 0.25) is 0 Å². The highest BCUT2D eigenvalue weighted by atomic mass is 16.6. The van der Waals surface area contributed by atoms with Gasteiger partial charge < -0.3 is 14.2 Å². The van der Waals surface area contributed by atoms with Crippen LogP contribution in [0.5, 0.6) is 0 Å². The number of hydrogen-bond acceptors (Lipinski definition) is 6. The molecule has 0 rings (SSSR count). The number of allylic oxidation sites excluding steroid dienone is 18. The summed E-state index contributed by atoms with van der Waals surface area (Å²) in [5.41, 5.74) is 0. The summed E-state index contributed by atoms with van der Waals surface area (Å²) in [6.07, 6.45) is 60.6. The van der Waals surface area contributed by atoms with Crippen molar-refractivity contribution in [3.05, 3.63) is 109 Å². The SMILES string of the molecule is CC\C=C/C=C\C=C/C=C\C=C\C=C/CCCCCC(=O)OCC(COC(=O)CCCCCCCCCCCC)OC(=O)CCCCCCC\C=C/C=C\C=C/CC. The van der Waals surface area contributed by atoms with Gasteiger partial charge in [-0.05, 0) is 57.8 Å². The van der Waals surface area contributed by atoms with Crippen molar-refractivity contribution in [1.82, 2.24) is 0 Å². The summed E-state index contributed by atoms with van der Waals surface area (Å²) in [5.74, 6) is -0.981. The monoisotopic (exact) mass is 803 g/mol. The van der Waals surface area contributed by atoms with Crippen molar-refractivity contribution < 1.29 is 28.6 Å². The number of unbranched alkanes of at least 4 members (excludes halogenated alkanes) is 17. The number of esters is 3. The number of rotatable bonds is 39. The largest absolute Gasteiger partial charge is 0.462 e. The van der Waals surface area contributed by atoms with Crippen molar-refractivity contribution in [3.63, 3.8) is 0 Å². The van der Waals surface area contributed by atoms with E-state index in [-0.39, 0.29) is 31.1 Å². The highest BCUT2D eigenvalue weighted by Gasteiger charge is 2.19. The normalized spacial score (nSPS) is 13.1. The van der Waals surface area contributed by atoms with E-state index in [9.17, 15) is 14.4 Å². The molecule has 0 aromatic heterocycles. The molecule has 0 aliphatic heterocycles. The van der Waals surface area contributed by atoms with Crippen molar-refractivity contribution in [2.75, 3.05) is 13.2 Å². The molecular weight excluding hydrogens is 721 g/mol. The van der Waals surface area contributed by atoms with Crippen molar-refractivity contribution >= 4 is 17.9 Å². The molecule has 0 bridgehead atoms. The lowest BCUT2D eigenvalue weighted by atomic mass is 10.1. The average molecular weight is 803 g/mol.